The van der Waals surface area contributed by atoms with Crippen LogP contribution in [0.3, 0.4) is 0 Å². The van der Waals surface area contributed by atoms with Crippen molar-refractivity contribution < 1.29 is 8.83 Å². The van der Waals surface area contributed by atoms with Crippen molar-refractivity contribution >= 4 is 109 Å². The van der Waals surface area contributed by atoms with Crippen LogP contribution < -0.4 is 0 Å². The Kier molecular flexibility index (Phi) is 15.4. The number of fused-ring (bicyclic) bond motifs is 18. The molecule has 0 aliphatic heterocycles. The zero-order valence-corrected chi connectivity index (χ0v) is 59.3. The van der Waals surface area contributed by atoms with Gasteiger partial charge in [0.15, 0.2) is 34.9 Å². The zero-order valence-electron chi connectivity index (χ0n) is 59.3. The number of benzene rings is 18. The Morgan fingerprint density at radius 3 is 0.900 bits per heavy atom. The van der Waals surface area contributed by atoms with Gasteiger partial charge in [-0.25, -0.2) is 29.9 Å². The van der Waals surface area contributed by atoms with E-state index in [1.807, 2.05) is 97.1 Å². The molecule has 0 N–H and O–H groups in total. The first-order valence-electron chi connectivity index (χ1n) is 37.0. The first kappa shape index (κ1) is 63.6. The Morgan fingerprint density at radius 1 is 0.145 bits per heavy atom. The summed E-state index contributed by atoms with van der Waals surface area (Å²) in [6.45, 7) is 0. The Hall–Kier alpha value is -14.9. The topological polar surface area (TPSA) is 104 Å². The van der Waals surface area contributed by atoms with Gasteiger partial charge in [0.1, 0.15) is 22.3 Å². The number of aromatic nitrogens is 6. The van der Waals surface area contributed by atoms with Crippen molar-refractivity contribution in [1.82, 2.24) is 29.9 Å². The van der Waals surface area contributed by atoms with Gasteiger partial charge in [0.25, 0.3) is 0 Å². The molecule has 8 heteroatoms. The zero-order chi connectivity index (χ0) is 72.6. The Bertz CT molecular complexity index is 7330. The summed E-state index contributed by atoms with van der Waals surface area (Å²) in [5.74, 6) is 3.66. The summed E-state index contributed by atoms with van der Waals surface area (Å²) in [4.78, 5) is 30.6. The van der Waals surface area contributed by atoms with Crippen LogP contribution >= 0.6 is 0 Å². The third kappa shape index (κ3) is 11.2. The Labute approximate surface area is 632 Å². The van der Waals surface area contributed by atoms with Crippen molar-refractivity contribution in [3.8, 4) is 113 Å². The second-order valence-electron chi connectivity index (χ2n) is 27.9. The largest absolute Gasteiger partial charge is 0.456 e. The summed E-state index contributed by atoms with van der Waals surface area (Å²) in [6.07, 6.45) is 0. The normalized spacial score (nSPS) is 11.6. The molecule has 0 spiro atoms. The van der Waals surface area contributed by atoms with Crippen LogP contribution in [0.4, 0.5) is 0 Å². The predicted octanol–water partition coefficient (Wildman–Crippen LogP) is 27.1. The highest BCUT2D eigenvalue weighted by Crippen LogP contribution is 2.46. The average Bonchev–Trinajstić information content (AvgIpc) is 1.22. The highest BCUT2D eigenvalue weighted by atomic mass is 16.3. The molecular weight excluding hydrogens is 1340 g/mol. The third-order valence-electron chi connectivity index (χ3n) is 21.4. The van der Waals surface area contributed by atoms with Gasteiger partial charge >= 0.3 is 0 Å². The lowest BCUT2D eigenvalue weighted by Gasteiger charge is -2.12. The monoisotopic (exact) mass is 1400 g/mol. The number of para-hydroxylation sites is 1. The lowest BCUT2D eigenvalue weighted by atomic mass is 9.91. The molecule has 0 unspecified atom stereocenters. The van der Waals surface area contributed by atoms with Crippen molar-refractivity contribution in [2.75, 3.05) is 0 Å². The molecule has 0 amide bonds. The molecule has 0 saturated carbocycles. The molecule has 0 bridgehead atoms. The van der Waals surface area contributed by atoms with Crippen molar-refractivity contribution in [2.45, 2.75) is 0 Å². The van der Waals surface area contributed by atoms with Gasteiger partial charge in [-0.1, -0.05) is 328 Å². The van der Waals surface area contributed by atoms with Gasteiger partial charge in [-0.3, -0.25) is 0 Å². The summed E-state index contributed by atoms with van der Waals surface area (Å²) in [6, 6.07) is 131. The minimum Gasteiger partial charge on any atom is -0.456 e. The molecule has 18 aromatic carbocycles. The van der Waals surface area contributed by atoms with Crippen LogP contribution in [-0.2, 0) is 0 Å². The number of furan rings is 2. The molecule has 0 fully saturated rings. The SMILES string of the molecule is c1ccc(-c2cccc(-c3nc(-c4ccccc4)nc(-c4cccc5oc6c(-c7ccc8c9ccccc9c9ccccc9c8c7)cccc6c45)n3)c2)cc1.c1ccc(-c2cccc(-c3nc(-c4ccccc4)nc(-c4cccc5oc6cc(-c7ccc8c9ccccc9c9ccccc9c8c7)ccc6c45)n3)c2)cc1. The van der Waals surface area contributed by atoms with E-state index in [9.17, 15) is 0 Å². The van der Waals surface area contributed by atoms with Crippen LogP contribution in [0.5, 0.6) is 0 Å². The molecule has 4 aromatic heterocycles. The van der Waals surface area contributed by atoms with Gasteiger partial charge < -0.3 is 8.83 Å². The molecule has 0 saturated heterocycles. The number of hydrogen-bond donors (Lipinski definition) is 0. The number of hydrogen-bond acceptors (Lipinski definition) is 8. The molecule has 0 aliphatic rings. The van der Waals surface area contributed by atoms with Crippen LogP contribution in [0.1, 0.15) is 0 Å². The van der Waals surface area contributed by atoms with E-state index < -0.39 is 0 Å². The van der Waals surface area contributed by atoms with Crippen LogP contribution in [0.2, 0.25) is 0 Å². The van der Waals surface area contributed by atoms with Crippen molar-refractivity contribution in [1.29, 1.82) is 0 Å². The van der Waals surface area contributed by atoms with E-state index in [-0.39, 0.29) is 0 Å². The standard InChI is InChI=1S/2C51H31N3O/c1-3-14-32(15-4-1)34-18-11-19-36(30-34)50-52-49(33-16-5-2-6-17-33)53-51(54-50)44-26-13-27-46-47(44)43-25-12-24-37(48(43)55-46)35-28-29-42-40-22-8-7-20-38(40)39-21-9-10-23-41(39)45(42)31-35;1-3-13-32(14-4-1)34-17-11-18-37(29-34)50-52-49(33-15-5-2-6-16-33)53-51(54-50)44-23-12-24-46-48(44)43-28-26-36(31-47(43)55-46)35-25-27-42-40-21-8-7-19-38(40)39-20-9-10-22-41(39)45(42)30-35/h2*1-31H. The molecule has 110 heavy (non-hydrogen) atoms. The smallest absolute Gasteiger partial charge is 0.164 e. The van der Waals surface area contributed by atoms with Crippen molar-refractivity contribution in [2.24, 2.45) is 0 Å². The summed E-state index contributed by atoms with van der Waals surface area (Å²) in [5, 5.41) is 19.0. The lowest BCUT2D eigenvalue weighted by Crippen LogP contribution is -2.00. The second kappa shape index (κ2) is 26.6. The van der Waals surface area contributed by atoms with E-state index in [0.717, 1.165) is 122 Å². The van der Waals surface area contributed by atoms with Crippen LogP contribution in [0.15, 0.2) is 385 Å². The van der Waals surface area contributed by atoms with Gasteiger partial charge in [0.05, 0.1) is 0 Å². The van der Waals surface area contributed by atoms with Crippen LogP contribution in [0, 0.1) is 0 Å². The summed E-state index contributed by atoms with van der Waals surface area (Å²) in [7, 11) is 0. The molecule has 4 heterocycles. The number of nitrogens with zero attached hydrogens (tertiary/aromatic N) is 6. The van der Waals surface area contributed by atoms with E-state index in [1.54, 1.807) is 0 Å². The van der Waals surface area contributed by atoms with Crippen molar-refractivity contribution in [3.05, 3.63) is 376 Å². The first-order chi connectivity index (χ1) is 54.5. The molecule has 0 radical (unpaired) electrons. The van der Waals surface area contributed by atoms with E-state index in [0.29, 0.717) is 34.9 Å². The maximum absolute atomic E-state index is 6.79. The molecule has 8 nitrogen and oxygen atoms in total. The van der Waals surface area contributed by atoms with Gasteiger partial charge in [0, 0.05) is 60.5 Å². The molecule has 22 rings (SSSR count). The lowest BCUT2D eigenvalue weighted by molar-refractivity contribution is 0.669. The molecule has 22 aromatic rings. The van der Waals surface area contributed by atoms with Gasteiger partial charge in [-0.15, -0.1) is 0 Å². The van der Waals surface area contributed by atoms with Gasteiger partial charge in [-0.2, -0.15) is 0 Å². The summed E-state index contributed by atoms with van der Waals surface area (Å²) in [5.41, 5.74) is 17.6. The summed E-state index contributed by atoms with van der Waals surface area (Å²) < 4.78 is 13.4. The maximum Gasteiger partial charge on any atom is 0.164 e. The Balaban J connectivity index is 0.000000140. The molecule has 0 aliphatic carbocycles. The van der Waals surface area contributed by atoms with Crippen molar-refractivity contribution in [3.63, 3.8) is 0 Å². The third-order valence-corrected chi connectivity index (χ3v) is 21.4. The molecular formula is C102H62N6O2. The molecule has 0 atom stereocenters. The van der Waals surface area contributed by atoms with Crippen LogP contribution in [-0.4, -0.2) is 29.9 Å². The minimum atomic E-state index is 0.594. The van der Waals surface area contributed by atoms with E-state index >= 15 is 0 Å². The quantitative estimate of drug-likeness (QED) is 0.125. The fourth-order valence-electron chi connectivity index (χ4n) is 16.2. The van der Waals surface area contributed by atoms with E-state index in [1.165, 1.54) is 64.6 Å². The first-order valence-corrected chi connectivity index (χ1v) is 37.0. The van der Waals surface area contributed by atoms with E-state index in [2.05, 4.69) is 279 Å². The van der Waals surface area contributed by atoms with E-state index in [4.69, 9.17) is 38.7 Å². The fourth-order valence-corrected chi connectivity index (χ4v) is 16.2. The minimum absolute atomic E-state index is 0.594. The fraction of sp³-hybridized carbons (Fsp3) is 0. The average molecular weight is 1400 g/mol. The predicted molar refractivity (Wildman–Crippen MR) is 454 cm³/mol. The highest BCUT2D eigenvalue weighted by molar-refractivity contribution is 6.27. The Morgan fingerprint density at radius 2 is 0.436 bits per heavy atom. The number of rotatable bonds is 10. The summed E-state index contributed by atoms with van der Waals surface area (Å²) >= 11 is 0. The highest BCUT2D eigenvalue weighted by Gasteiger charge is 2.23. The maximum atomic E-state index is 6.79. The molecule has 512 valence electrons. The second-order valence-corrected chi connectivity index (χ2v) is 27.9. The van der Waals surface area contributed by atoms with Gasteiger partial charge in [-0.05, 0) is 152 Å². The van der Waals surface area contributed by atoms with Crippen LogP contribution in [0.25, 0.3) is 221 Å². The van der Waals surface area contributed by atoms with Gasteiger partial charge in [0.2, 0.25) is 0 Å².